The van der Waals surface area contributed by atoms with Crippen molar-refractivity contribution in [3.05, 3.63) is 28.7 Å². The van der Waals surface area contributed by atoms with Gasteiger partial charge in [-0.1, -0.05) is 22.0 Å². The number of benzene rings is 1. The first-order valence-corrected chi connectivity index (χ1v) is 8.74. The summed E-state index contributed by atoms with van der Waals surface area (Å²) in [6, 6.07) is 6.08. The Bertz CT molecular complexity index is 649. The first-order valence-electron chi connectivity index (χ1n) is 6.30. The molecule has 0 spiro atoms. The second-order valence-corrected chi connectivity index (χ2v) is 7.89. The van der Waals surface area contributed by atoms with Crippen molar-refractivity contribution in [1.82, 2.24) is 0 Å². The lowest BCUT2D eigenvalue weighted by Gasteiger charge is -2.20. The molecule has 0 aromatic heterocycles. The van der Waals surface area contributed by atoms with Gasteiger partial charge in [0.15, 0.2) is 15.6 Å². The predicted molar refractivity (Wildman–Crippen MR) is 81.6 cm³/mol. The van der Waals surface area contributed by atoms with Gasteiger partial charge in [0.1, 0.15) is 11.2 Å². The van der Waals surface area contributed by atoms with Crippen LogP contribution in [0.25, 0.3) is 0 Å². The van der Waals surface area contributed by atoms with Crippen LogP contribution in [-0.4, -0.2) is 32.5 Å². The average molecular weight is 377 g/mol. The number of ether oxygens (including phenoxy) is 1. The zero-order chi connectivity index (χ0) is 16.3. The van der Waals surface area contributed by atoms with Crippen LogP contribution in [0.3, 0.4) is 0 Å². The molecule has 7 heteroatoms. The topological polar surface area (TPSA) is 77.5 Å². The predicted octanol–water partition coefficient (Wildman–Crippen LogP) is 2.38. The molecule has 0 saturated heterocycles. The van der Waals surface area contributed by atoms with Gasteiger partial charge in [-0.25, -0.2) is 8.42 Å². The van der Waals surface area contributed by atoms with Gasteiger partial charge in [0.25, 0.3) is 0 Å². The number of carbonyl (C=O) groups is 2. The SMILES string of the molecule is CCOC(=O)C(C)(C)C(=O)CS(=O)(=O)c1cccc(Br)c1. The van der Waals surface area contributed by atoms with Crippen LogP contribution in [0.15, 0.2) is 33.6 Å². The fraction of sp³-hybridized carbons (Fsp3) is 0.429. The molecule has 0 heterocycles. The molecule has 0 aliphatic carbocycles. The molecule has 0 aliphatic rings. The fourth-order valence-corrected chi connectivity index (χ4v) is 3.54. The van der Waals surface area contributed by atoms with Crippen LogP contribution < -0.4 is 0 Å². The highest BCUT2D eigenvalue weighted by atomic mass is 79.9. The minimum atomic E-state index is -3.80. The quantitative estimate of drug-likeness (QED) is 0.562. The molecule has 116 valence electrons. The molecular weight excluding hydrogens is 360 g/mol. The van der Waals surface area contributed by atoms with Gasteiger partial charge < -0.3 is 4.74 Å². The van der Waals surface area contributed by atoms with Crippen molar-refractivity contribution in [2.75, 3.05) is 12.4 Å². The van der Waals surface area contributed by atoms with E-state index < -0.39 is 32.8 Å². The second-order valence-electron chi connectivity index (χ2n) is 4.99. The van der Waals surface area contributed by atoms with Crippen LogP contribution in [0, 0.1) is 5.41 Å². The van der Waals surface area contributed by atoms with Crippen molar-refractivity contribution in [1.29, 1.82) is 0 Å². The fourth-order valence-electron chi connectivity index (χ4n) is 1.52. The number of carbonyl (C=O) groups excluding carboxylic acids is 2. The Hall–Kier alpha value is -1.21. The smallest absolute Gasteiger partial charge is 0.319 e. The van der Waals surface area contributed by atoms with Gasteiger partial charge in [0.2, 0.25) is 0 Å². The number of hydrogen-bond acceptors (Lipinski definition) is 5. The van der Waals surface area contributed by atoms with E-state index in [2.05, 4.69) is 15.9 Å². The first kappa shape index (κ1) is 17.8. The average Bonchev–Trinajstić information content (AvgIpc) is 2.38. The molecule has 0 aliphatic heterocycles. The number of rotatable bonds is 6. The van der Waals surface area contributed by atoms with E-state index in [1.165, 1.54) is 26.0 Å². The van der Waals surface area contributed by atoms with E-state index in [0.29, 0.717) is 4.47 Å². The summed E-state index contributed by atoms with van der Waals surface area (Å²) in [6.07, 6.45) is 0. The number of esters is 1. The highest BCUT2D eigenvalue weighted by molar-refractivity contribution is 9.10. The lowest BCUT2D eigenvalue weighted by molar-refractivity contribution is -0.157. The summed E-state index contributed by atoms with van der Waals surface area (Å²) in [7, 11) is -3.80. The maximum Gasteiger partial charge on any atom is 0.319 e. The van der Waals surface area contributed by atoms with Crippen molar-refractivity contribution < 1.29 is 22.7 Å². The van der Waals surface area contributed by atoms with Gasteiger partial charge in [0, 0.05) is 4.47 Å². The van der Waals surface area contributed by atoms with E-state index in [1.54, 1.807) is 19.1 Å². The number of ketones is 1. The van der Waals surface area contributed by atoms with Gasteiger partial charge in [-0.3, -0.25) is 9.59 Å². The van der Waals surface area contributed by atoms with E-state index in [0.717, 1.165) is 0 Å². The van der Waals surface area contributed by atoms with Crippen LogP contribution in [0.4, 0.5) is 0 Å². The van der Waals surface area contributed by atoms with Crippen LogP contribution in [0.1, 0.15) is 20.8 Å². The standard InChI is InChI=1S/C14H17BrO5S/c1-4-20-13(17)14(2,3)12(16)9-21(18,19)11-7-5-6-10(15)8-11/h5-8H,4,9H2,1-3H3. The molecule has 5 nitrogen and oxygen atoms in total. The lowest BCUT2D eigenvalue weighted by atomic mass is 9.89. The maximum atomic E-state index is 12.2. The molecule has 1 rings (SSSR count). The molecule has 0 amide bonds. The summed E-state index contributed by atoms with van der Waals surface area (Å²) in [6.45, 7) is 4.48. The largest absolute Gasteiger partial charge is 0.465 e. The van der Waals surface area contributed by atoms with E-state index in [9.17, 15) is 18.0 Å². The maximum absolute atomic E-state index is 12.2. The van der Waals surface area contributed by atoms with Crippen LogP contribution in [0.5, 0.6) is 0 Å². The monoisotopic (exact) mass is 376 g/mol. The third-order valence-corrected chi connectivity index (χ3v) is 5.07. The molecule has 0 atom stereocenters. The normalized spacial score (nSPS) is 12.0. The number of hydrogen-bond donors (Lipinski definition) is 0. The molecule has 0 fully saturated rings. The number of sulfone groups is 1. The summed E-state index contributed by atoms with van der Waals surface area (Å²) in [5.41, 5.74) is -1.49. The minimum absolute atomic E-state index is 0.0323. The van der Waals surface area contributed by atoms with Crippen molar-refractivity contribution in [2.45, 2.75) is 25.7 Å². The number of Topliss-reactive ketones (excluding diaryl/α,β-unsaturated/α-hetero) is 1. The Labute approximate surface area is 132 Å². The Balaban J connectivity index is 2.99. The van der Waals surface area contributed by atoms with E-state index in [1.807, 2.05) is 0 Å². The Morgan fingerprint density at radius 3 is 2.43 bits per heavy atom. The van der Waals surface area contributed by atoms with Gasteiger partial charge >= 0.3 is 5.97 Å². The molecule has 0 bridgehead atoms. The Morgan fingerprint density at radius 1 is 1.29 bits per heavy atom. The second kappa shape index (κ2) is 6.70. The molecule has 1 aromatic rings. The van der Waals surface area contributed by atoms with Crippen molar-refractivity contribution in [3.8, 4) is 0 Å². The van der Waals surface area contributed by atoms with E-state index >= 15 is 0 Å². The Morgan fingerprint density at radius 2 is 1.90 bits per heavy atom. The highest BCUT2D eigenvalue weighted by Gasteiger charge is 2.39. The molecule has 0 N–H and O–H groups in total. The van der Waals surface area contributed by atoms with Crippen LogP contribution in [-0.2, 0) is 24.2 Å². The molecule has 0 saturated carbocycles. The summed E-state index contributed by atoms with van der Waals surface area (Å²) < 4.78 is 29.9. The third kappa shape index (κ3) is 4.38. The minimum Gasteiger partial charge on any atom is -0.465 e. The molecule has 21 heavy (non-hydrogen) atoms. The third-order valence-electron chi connectivity index (χ3n) is 2.96. The van der Waals surface area contributed by atoms with Crippen molar-refractivity contribution in [3.63, 3.8) is 0 Å². The molecule has 0 unspecified atom stereocenters. The van der Waals surface area contributed by atoms with Crippen LogP contribution >= 0.6 is 15.9 Å². The van der Waals surface area contributed by atoms with Gasteiger partial charge in [0.05, 0.1) is 11.5 Å². The zero-order valence-electron chi connectivity index (χ0n) is 12.1. The molecular formula is C14H17BrO5S. The first-order chi connectivity index (χ1) is 9.61. The summed E-state index contributed by atoms with van der Waals surface area (Å²) >= 11 is 3.18. The van der Waals surface area contributed by atoms with Crippen molar-refractivity contribution >= 4 is 37.5 Å². The lowest BCUT2D eigenvalue weighted by Crippen LogP contribution is -2.38. The zero-order valence-corrected chi connectivity index (χ0v) is 14.5. The van der Waals surface area contributed by atoms with Crippen molar-refractivity contribution in [2.24, 2.45) is 5.41 Å². The number of halogens is 1. The van der Waals surface area contributed by atoms with E-state index in [4.69, 9.17) is 4.74 Å². The van der Waals surface area contributed by atoms with E-state index in [-0.39, 0.29) is 11.5 Å². The highest BCUT2D eigenvalue weighted by Crippen LogP contribution is 2.23. The molecule has 0 radical (unpaired) electrons. The Kier molecular flexibility index (Phi) is 5.69. The molecule has 1 aromatic carbocycles. The van der Waals surface area contributed by atoms with Crippen LogP contribution in [0.2, 0.25) is 0 Å². The van der Waals surface area contributed by atoms with Gasteiger partial charge in [-0.05, 0) is 39.0 Å². The van der Waals surface area contributed by atoms with Gasteiger partial charge in [-0.2, -0.15) is 0 Å². The summed E-state index contributed by atoms with van der Waals surface area (Å²) in [5.74, 6) is -2.16. The summed E-state index contributed by atoms with van der Waals surface area (Å²) in [5, 5.41) is 0. The summed E-state index contributed by atoms with van der Waals surface area (Å²) in [4.78, 5) is 23.9. The van der Waals surface area contributed by atoms with Gasteiger partial charge in [-0.15, -0.1) is 0 Å².